The molecule has 2 N–H and O–H groups in total. The van der Waals surface area contributed by atoms with E-state index in [1.54, 1.807) is 23.7 Å². The summed E-state index contributed by atoms with van der Waals surface area (Å²) >= 11 is 1.50. The van der Waals surface area contributed by atoms with Gasteiger partial charge in [-0.05, 0) is 36.4 Å². The van der Waals surface area contributed by atoms with Gasteiger partial charge in [0.1, 0.15) is 0 Å². The average molecular weight is 375 g/mol. The molecule has 25 heavy (non-hydrogen) atoms. The zero-order chi connectivity index (χ0) is 17.9. The maximum atomic E-state index is 12.3. The first-order chi connectivity index (χ1) is 12.0. The Morgan fingerprint density at radius 1 is 1.12 bits per heavy atom. The Morgan fingerprint density at radius 2 is 1.84 bits per heavy atom. The summed E-state index contributed by atoms with van der Waals surface area (Å²) in [5, 5.41) is 2.87. The van der Waals surface area contributed by atoms with Gasteiger partial charge in [-0.2, -0.15) is 0 Å². The molecular weight excluding hydrogens is 358 g/mol. The summed E-state index contributed by atoms with van der Waals surface area (Å²) in [6.07, 6.45) is 0. The molecule has 0 saturated carbocycles. The van der Waals surface area contributed by atoms with Crippen molar-refractivity contribution in [1.82, 2.24) is 15.0 Å². The number of nitrogens with one attached hydrogen (secondary N) is 2. The van der Waals surface area contributed by atoms with Crippen molar-refractivity contribution in [3.05, 3.63) is 64.7 Å². The van der Waals surface area contributed by atoms with Crippen LogP contribution in [0.5, 0.6) is 0 Å². The number of carbonyl (C=O) groups excluding carboxylic acids is 1. The van der Waals surface area contributed by atoms with E-state index in [-0.39, 0.29) is 11.7 Å². The summed E-state index contributed by atoms with van der Waals surface area (Å²) in [5.74, 6) is -0.220. The molecule has 0 aliphatic heterocycles. The molecular formula is C17H17N3O3S2. The second-order valence-corrected chi connectivity index (χ2v) is 8.31. The summed E-state index contributed by atoms with van der Waals surface area (Å²) in [7, 11) is -1.89. The van der Waals surface area contributed by atoms with E-state index in [1.807, 2.05) is 24.3 Å². The van der Waals surface area contributed by atoms with Crippen LogP contribution < -0.4 is 10.0 Å². The van der Waals surface area contributed by atoms with Gasteiger partial charge in [-0.1, -0.05) is 24.3 Å². The molecule has 1 aromatic heterocycles. The molecule has 6 nitrogen and oxygen atoms in total. The second-order valence-electron chi connectivity index (χ2n) is 5.50. The third-order valence-corrected chi connectivity index (χ3v) is 5.86. The van der Waals surface area contributed by atoms with Crippen molar-refractivity contribution in [2.45, 2.75) is 12.3 Å². The first-order valence-corrected chi connectivity index (χ1v) is 10.1. The zero-order valence-electron chi connectivity index (χ0n) is 13.5. The largest absolute Gasteiger partial charge is 0.348 e. The molecule has 0 saturated heterocycles. The highest BCUT2D eigenvalue weighted by Gasteiger charge is 2.09. The molecule has 0 aliphatic rings. The highest BCUT2D eigenvalue weighted by atomic mass is 32.2. The smallest absolute Gasteiger partial charge is 0.251 e. The number of carbonyl (C=O) groups is 1. The fourth-order valence-corrected chi connectivity index (χ4v) is 3.82. The fraction of sp³-hybridized carbons (Fsp3) is 0.176. The molecule has 0 atom stereocenters. The predicted molar refractivity (Wildman–Crippen MR) is 98.9 cm³/mol. The van der Waals surface area contributed by atoms with Gasteiger partial charge in [0.25, 0.3) is 5.91 Å². The molecule has 0 fully saturated rings. The molecule has 2 aromatic carbocycles. The van der Waals surface area contributed by atoms with Crippen LogP contribution in [0.3, 0.4) is 0 Å². The number of thiazole rings is 1. The number of nitrogens with zero attached hydrogens (tertiary/aromatic N) is 1. The number of sulfonamides is 1. The van der Waals surface area contributed by atoms with Crippen molar-refractivity contribution < 1.29 is 13.2 Å². The standard InChI is InChI=1S/C17H17N3O3S2/c1-18-25(22,23)10-13-4-2-12(3-5-13)9-19-17(21)14-6-7-15-16(8-14)24-11-20-15/h2-8,11,18H,9-10H2,1H3,(H,19,21). The van der Waals surface area contributed by atoms with E-state index in [0.29, 0.717) is 17.7 Å². The highest BCUT2D eigenvalue weighted by Crippen LogP contribution is 2.19. The van der Waals surface area contributed by atoms with Gasteiger partial charge in [-0.15, -0.1) is 11.3 Å². The summed E-state index contributed by atoms with van der Waals surface area (Å²) in [4.78, 5) is 16.5. The Labute approximate surface area is 150 Å². The Bertz CT molecular complexity index is 995. The number of rotatable bonds is 6. The van der Waals surface area contributed by atoms with Crippen LogP contribution in [0.2, 0.25) is 0 Å². The number of hydrogen-bond acceptors (Lipinski definition) is 5. The van der Waals surface area contributed by atoms with Crippen molar-refractivity contribution in [3.8, 4) is 0 Å². The minimum atomic E-state index is -3.28. The molecule has 0 unspecified atom stereocenters. The predicted octanol–water partition coefficient (Wildman–Crippen LogP) is 2.28. The lowest BCUT2D eigenvalue weighted by molar-refractivity contribution is 0.0951. The Morgan fingerprint density at radius 3 is 2.56 bits per heavy atom. The molecule has 1 amide bonds. The SMILES string of the molecule is CNS(=O)(=O)Cc1ccc(CNC(=O)c2ccc3ncsc3c2)cc1. The second kappa shape index (κ2) is 7.30. The molecule has 130 valence electrons. The van der Waals surface area contributed by atoms with Crippen LogP contribution in [0.1, 0.15) is 21.5 Å². The minimum absolute atomic E-state index is 0.0645. The number of hydrogen-bond donors (Lipinski definition) is 2. The third-order valence-electron chi connectivity index (χ3n) is 3.74. The maximum absolute atomic E-state index is 12.3. The van der Waals surface area contributed by atoms with E-state index in [0.717, 1.165) is 15.8 Å². The van der Waals surface area contributed by atoms with Gasteiger partial charge in [0.05, 0.1) is 21.5 Å². The fourth-order valence-electron chi connectivity index (χ4n) is 2.33. The van der Waals surface area contributed by atoms with Crippen LogP contribution in [0, 0.1) is 0 Å². The van der Waals surface area contributed by atoms with E-state index in [9.17, 15) is 13.2 Å². The number of benzene rings is 2. The van der Waals surface area contributed by atoms with E-state index in [1.165, 1.54) is 18.4 Å². The van der Waals surface area contributed by atoms with Crippen molar-refractivity contribution in [2.75, 3.05) is 7.05 Å². The van der Waals surface area contributed by atoms with Crippen LogP contribution in [-0.2, 0) is 22.3 Å². The van der Waals surface area contributed by atoms with Gasteiger partial charge in [0.15, 0.2) is 0 Å². The molecule has 8 heteroatoms. The minimum Gasteiger partial charge on any atom is -0.348 e. The summed E-state index contributed by atoms with van der Waals surface area (Å²) < 4.78 is 26.3. The molecule has 0 spiro atoms. The molecule has 1 heterocycles. The van der Waals surface area contributed by atoms with E-state index in [4.69, 9.17) is 0 Å². The van der Waals surface area contributed by atoms with Gasteiger partial charge in [0, 0.05) is 12.1 Å². The zero-order valence-corrected chi connectivity index (χ0v) is 15.2. The molecule has 3 rings (SSSR count). The van der Waals surface area contributed by atoms with Gasteiger partial charge in [0.2, 0.25) is 10.0 Å². The first-order valence-electron chi connectivity index (χ1n) is 7.57. The van der Waals surface area contributed by atoms with Crippen LogP contribution in [0.25, 0.3) is 10.2 Å². The number of fused-ring (bicyclic) bond motifs is 1. The molecule has 0 bridgehead atoms. The molecule has 0 aliphatic carbocycles. The average Bonchev–Trinajstić information content (AvgIpc) is 3.08. The summed E-state index contributed by atoms with van der Waals surface area (Å²) in [6.45, 7) is 0.374. The summed E-state index contributed by atoms with van der Waals surface area (Å²) in [5.41, 5.74) is 4.82. The molecule has 3 aromatic rings. The summed E-state index contributed by atoms with van der Waals surface area (Å²) in [6, 6.07) is 12.5. The first kappa shape index (κ1) is 17.5. The topological polar surface area (TPSA) is 88.2 Å². The lowest BCUT2D eigenvalue weighted by Crippen LogP contribution is -2.22. The van der Waals surface area contributed by atoms with Crippen molar-refractivity contribution >= 4 is 37.5 Å². The third kappa shape index (κ3) is 4.41. The Balaban J connectivity index is 1.61. The van der Waals surface area contributed by atoms with Crippen LogP contribution in [0.4, 0.5) is 0 Å². The van der Waals surface area contributed by atoms with E-state index in [2.05, 4.69) is 15.0 Å². The van der Waals surface area contributed by atoms with Crippen molar-refractivity contribution in [1.29, 1.82) is 0 Å². The van der Waals surface area contributed by atoms with E-state index < -0.39 is 10.0 Å². The molecule has 0 radical (unpaired) electrons. The quantitative estimate of drug-likeness (QED) is 0.692. The van der Waals surface area contributed by atoms with Crippen LogP contribution >= 0.6 is 11.3 Å². The van der Waals surface area contributed by atoms with Crippen LogP contribution in [-0.4, -0.2) is 26.4 Å². The van der Waals surface area contributed by atoms with Crippen molar-refractivity contribution in [3.63, 3.8) is 0 Å². The Kier molecular flexibility index (Phi) is 5.12. The lowest BCUT2D eigenvalue weighted by Gasteiger charge is -2.07. The normalized spacial score (nSPS) is 11.6. The lowest BCUT2D eigenvalue weighted by atomic mass is 10.1. The van der Waals surface area contributed by atoms with E-state index >= 15 is 0 Å². The van der Waals surface area contributed by atoms with Gasteiger partial charge in [-0.3, -0.25) is 4.79 Å². The highest BCUT2D eigenvalue weighted by molar-refractivity contribution is 7.88. The number of amides is 1. The number of aromatic nitrogens is 1. The monoisotopic (exact) mass is 375 g/mol. The maximum Gasteiger partial charge on any atom is 0.251 e. The van der Waals surface area contributed by atoms with Gasteiger partial charge < -0.3 is 5.32 Å². The Hall–Kier alpha value is -2.29. The van der Waals surface area contributed by atoms with Gasteiger partial charge in [-0.25, -0.2) is 18.1 Å². The van der Waals surface area contributed by atoms with Crippen LogP contribution in [0.15, 0.2) is 48.0 Å². The van der Waals surface area contributed by atoms with Gasteiger partial charge >= 0.3 is 0 Å². The van der Waals surface area contributed by atoms with Crippen molar-refractivity contribution in [2.24, 2.45) is 0 Å².